The highest BCUT2D eigenvalue weighted by Crippen LogP contribution is 2.22. The van der Waals surface area contributed by atoms with E-state index in [1.165, 1.54) is 6.42 Å². The fraction of sp³-hybridized carbons (Fsp3) is 0.571. The van der Waals surface area contributed by atoms with E-state index >= 15 is 0 Å². The molecule has 0 radical (unpaired) electrons. The summed E-state index contributed by atoms with van der Waals surface area (Å²) in [5, 5.41) is 0. The van der Waals surface area contributed by atoms with Crippen LogP contribution in [0.3, 0.4) is 0 Å². The highest BCUT2D eigenvalue weighted by Gasteiger charge is 2.22. The zero-order chi connectivity index (χ0) is 13.9. The van der Waals surface area contributed by atoms with E-state index in [1.54, 1.807) is 18.2 Å². The van der Waals surface area contributed by atoms with E-state index in [9.17, 15) is 8.42 Å². The number of aryl methyl sites for hydroxylation is 1. The smallest absolute Gasteiger partial charge is 0.240 e. The molecule has 0 heterocycles. The first-order chi connectivity index (χ1) is 9.03. The largest absolute Gasteiger partial charge is 0.398 e. The van der Waals surface area contributed by atoms with Crippen molar-refractivity contribution < 1.29 is 8.42 Å². The predicted molar refractivity (Wildman–Crippen MR) is 77.4 cm³/mol. The molecule has 19 heavy (non-hydrogen) atoms. The van der Waals surface area contributed by atoms with Crippen molar-refractivity contribution in [2.24, 2.45) is 0 Å². The van der Waals surface area contributed by atoms with Gasteiger partial charge in [-0.05, 0) is 37.0 Å². The van der Waals surface area contributed by atoms with Gasteiger partial charge in [-0.1, -0.05) is 32.3 Å². The minimum absolute atomic E-state index is 0.0748. The third-order valence-electron chi connectivity index (χ3n) is 3.74. The number of hydrogen-bond acceptors (Lipinski definition) is 3. The highest BCUT2D eigenvalue weighted by molar-refractivity contribution is 7.89. The van der Waals surface area contributed by atoms with E-state index in [-0.39, 0.29) is 10.9 Å². The molecule has 3 N–H and O–H groups in total. The van der Waals surface area contributed by atoms with Gasteiger partial charge in [0.05, 0.1) is 4.90 Å². The molecule has 0 bridgehead atoms. The summed E-state index contributed by atoms with van der Waals surface area (Å²) in [4.78, 5) is 0.271. The van der Waals surface area contributed by atoms with Gasteiger partial charge in [-0.25, -0.2) is 13.1 Å². The third-order valence-corrected chi connectivity index (χ3v) is 5.25. The van der Waals surface area contributed by atoms with Crippen LogP contribution in [0.4, 0.5) is 5.69 Å². The van der Waals surface area contributed by atoms with Gasteiger partial charge in [-0.2, -0.15) is 0 Å². The Bertz CT molecular complexity index is 534. The van der Waals surface area contributed by atoms with Crippen molar-refractivity contribution in [1.82, 2.24) is 4.72 Å². The van der Waals surface area contributed by atoms with E-state index < -0.39 is 10.0 Å². The van der Waals surface area contributed by atoms with Crippen LogP contribution in [0.25, 0.3) is 0 Å². The summed E-state index contributed by atoms with van der Waals surface area (Å²) in [7, 11) is -3.44. The Morgan fingerprint density at radius 1 is 1.26 bits per heavy atom. The van der Waals surface area contributed by atoms with Crippen LogP contribution in [0.2, 0.25) is 0 Å². The zero-order valence-corrected chi connectivity index (χ0v) is 12.2. The lowest BCUT2D eigenvalue weighted by molar-refractivity contribution is 0.412. The molecule has 4 nitrogen and oxygen atoms in total. The van der Waals surface area contributed by atoms with E-state index in [0.29, 0.717) is 5.69 Å². The predicted octanol–water partition coefficient (Wildman–Crippen LogP) is 2.44. The van der Waals surface area contributed by atoms with Gasteiger partial charge >= 0.3 is 0 Å². The minimum Gasteiger partial charge on any atom is -0.398 e. The molecule has 0 spiro atoms. The lowest BCUT2D eigenvalue weighted by atomic mass is 9.96. The summed E-state index contributed by atoms with van der Waals surface area (Å²) in [5.41, 5.74) is 7.40. The van der Waals surface area contributed by atoms with Gasteiger partial charge in [0.1, 0.15) is 0 Å². The summed E-state index contributed by atoms with van der Waals surface area (Å²) in [6, 6.07) is 5.07. The third kappa shape index (κ3) is 3.48. The number of nitrogen functional groups attached to an aromatic ring is 1. The van der Waals surface area contributed by atoms with Crippen molar-refractivity contribution in [3.05, 3.63) is 23.8 Å². The fourth-order valence-corrected chi connectivity index (χ4v) is 3.91. The Hall–Kier alpha value is -1.07. The molecule has 106 valence electrons. The SMILES string of the molecule is CCc1ccc(S(=O)(=O)NC2CCCCC2)cc1N. The molecule has 2 rings (SSSR count). The van der Waals surface area contributed by atoms with Crippen LogP contribution in [-0.2, 0) is 16.4 Å². The fourth-order valence-electron chi connectivity index (χ4n) is 2.57. The molecule has 0 unspecified atom stereocenters. The Morgan fingerprint density at radius 2 is 1.95 bits per heavy atom. The monoisotopic (exact) mass is 282 g/mol. The molecule has 1 fully saturated rings. The first kappa shape index (κ1) is 14.3. The molecular weight excluding hydrogens is 260 g/mol. The molecule has 0 aromatic heterocycles. The van der Waals surface area contributed by atoms with Gasteiger partial charge in [-0.3, -0.25) is 0 Å². The van der Waals surface area contributed by atoms with Crippen LogP contribution in [0.5, 0.6) is 0 Å². The molecule has 1 aliphatic carbocycles. The molecule has 1 aromatic carbocycles. The first-order valence-electron chi connectivity index (χ1n) is 6.93. The Labute approximate surface area is 115 Å². The van der Waals surface area contributed by atoms with Crippen molar-refractivity contribution in [2.75, 3.05) is 5.73 Å². The first-order valence-corrected chi connectivity index (χ1v) is 8.42. The van der Waals surface area contributed by atoms with E-state index in [0.717, 1.165) is 37.7 Å². The van der Waals surface area contributed by atoms with Crippen LogP contribution in [0.1, 0.15) is 44.6 Å². The van der Waals surface area contributed by atoms with Crippen molar-refractivity contribution in [1.29, 1.82) is 0 Å². The summed E-state index contributed by atoms with van der Waals surface area (Å²) in [5.74, 6) is 0. The van der Waals surface area contributed by atoms with Gasteiger partial charge in [0.25, 0.3) is 0 Å². The maximum absolute atomic E-state index is 12.3. The van der Waals surface area contributed by atoms with Gasteiger partial charge in [0.2, 0.25) is 10.0 Å². The standard InChI is InChI=1S/C14H22N2O2S/c1-2-11-8-9-13(10-14(11)15)19(17,18)16-12-6-4-3-5-7-12/h8-10,12,16H,2-7,15H2,1H3. The van der Waals surface area contributed by atoms with Crippen LogP contribution in [-0.4, -0.2) is 14.5 Å². The Morgan fingerprint density at radius 3 is 2.53 bits per heavy atom. The summed E-state index contributed by atoms with van der Waals surface area (Å²) >= 11 is 0. The molecule has 5 heteroatoms. The van der Waals surface area contributed by atoms with Crippen LogP contribution >= 0.6 is 0 Å². The molecule has 1 saturated carbocycles. The highest BCUT2D eigenvalue weighted by atomic mass is 32.2. The normalized spacial score (nSPS) is 17.5. The van der Waals surface area contributed by atoms with Gasteiger partial charge in [-0.15, -0.1) is 0 Å². The zero-order valence-electron chi connectivity index (χ0n) is 11.4. The number of hydrogen-bond donors (Lipinski definition) is 2. The lowest BCUT2D eigenvalue weighted by Gasteiger charge is -2.22. The van der Waals surface area contributed by atoms with E-state index in [2.05, 4.69) is 4.72 Å². The van der Waals surface area contributed by atoms with Gasteiger partial charge in [0, 0.05) is 11.7 Å². The van der Waals surface area contributed by atoms with Crippen LogP contribution in [0, 0.1) is 0 Å². The van der Waals surface area contributed by atoms with Crippen molar-refractivity contribution in [3.63, 3.8) is 0 Å². The van der Waals surface area contributed by atoms with Crippen molar-refractivity contribution in [2.45, 2.75) is 56.4 Å². The second-order valence-corrected chi connectivity index (χ2v) is 6.88. The molecule has 0 saturated heterocycles. The summed E-state index contributed by atoms with van der Waals surface area (Å²) in [6.07, 6.45) is 6.08. The number of rotatable bonds is 4. The number of benzene rings is 1. The Balaban J connectivity index is 2.16. The quantitative estimate of drug-likeness (QED) is 0.833. The maximum Gasteiger partial charge on any atom is 0.240 e. The average Bonchev–Trinajstić information content (AvgIpc) is 2.39. The summed E-state index contributed by atoms with van der Waals surface area (Å²) < 4.78 is 27.4. The average molecular weight is 282 g/mol. The lowest BCUT2D eigenvalue weighted by Crippen LogP contribution is -2.36. The Kier molecular flexibility index (Phi) is 4.47. The molecule has 1 aliphatic rings. The van der Waals surface area contributed by atoms with Crippen molar-refractivity contribution in [3.8, 4) is 0 Å². The molecule has 0 amide bonds. The van der Waals surface area contributed by atoms with E-state index in [4.69, 9.17) is 5.73 Å². The second-order valence-electron chi connectivity index (χ2n) is 5.17. The van der Waals surface area contributed by atoms with Crippen LogP contribution < -0.4 is 10.5 Å². The number of sulfonamides is 1. The topological polar surface area (TPSA) is 72.2 Å². The number of nitrogens with two attached hydrogens (primary N) is 1. The van der Waals surface area contributed by atoms with Gasteiger partial charge < -0.3 is 5.73 Å². The van der Waals surface area contributed by atoms with E-state index in [1.807, 2.05) is 6.92 Å². The molecule has 0 atom stereocenters. The number of nitrogens with one attached hydrogen (secondary N) is 1. The minimum atomic E-state index is -3.44. The number of anilines is 1. The molecular formula is C14H22N2O2S. The molecule has 0 aliphatic heterocycles. The van der Waals surface area contributed by atoms with Crippen molar-refractivity contribution >= 4 is 15.7 Å². The second kappa shape index (κ2) is 5.92. The summed E-state index contributed by atoms with van der Waals surface area (Å²) in [6.45, 7) is 2.00. The maximum atomic E-state index is 12.3. The van der Waals surface area contributed by atoms with Gasteiger partial charge in [0.15, 0.2) is 0 Å². The molecule has 1 aromatic rings. The van der Waals surface area contributed by atoms with Crippen LogP contribution in [0.15, 0.2) is 23.1 Å².